The summed E-state index contributed by atoms with van der Waals surface area (Å²) in [7, 11) is 0. The lowest BCUT2D eigenvalue weighted by molar-refractivity contribution is 0.00174. The molecule has 1 saturated carbocycles. The van der Waals surface area contributed by atoms with Gasteiger partial charge in [-0.25, -0.2) is 4.84 Å². The summed E-state index contributed by atoms with van der Waals surface area (Å²) >= 11 is 5.29. The Kier molecular flexibility index (Phi) is 3.09. The molecule has 1 rings (SSSR count). The molecule has 0 unspecified atom stereocenters. The summed E-state index contributed by atoms with van der Waals surface area (Å²) in [5.74, 6) is -0.263. The Morgan fingerprint density at radius 1 is 1.36 bits per heavy atom. The van der Waals surface area contributed by atoms with Gasteiger partial charge in [-0.2, -0.15) is 0 Å². The van der Waals surface area contributed by atoms with Gasteiger partial charge in [0.2, 0.25) is 0 Å². The first-order valence-electron chi connectivity index (χ1n) is 3.54. The second-order valence-corrected chi connectivity index (χ2v) is 3.09. The minimum absolute atomic E-state index is 0.118. The van der Waals surface area contributed by atoms with Crippen LogP contribution in [0.3, 0.4) is 0 Å². The van der Waals surface area contributed by atoms with Crippen LogP contribution in [-0.2, 0) is 0 Å². The van der Waals surface area contributed by atoms with Crippen LogP contribution in [0, 0.1) is 5.92 Å². The lowest BCUT2D eigenvalue weighted by Gasteiger charge is -2.14. The van der Waals surface area contributed by atoms with Crippen LogP contribution >= 0.6 is 11.8 Å². The first-order chi connectivity index (χ1) is 5.20. The number of nitrogens with one attached hydrogen (secondary N) is 1. The van der Waals surface area contributed by atoms with E-state index in [0.717, 1.165) is 0 Å². The molecule has 0 bridgehead atoms. The molecule has 1 fully saturated rings. The molecule has 1 aliphatic rings. The van der Waals surface area contributed by atoms with Crippen molar-refractivity contribution < 1.29 is 15.3 Å². The van der Waals surface area contributed by atoms with Crippen LogP contribution in [0.15, 0.2) is 0 Å². The van der Waals surface area contributed by atoms with Gasteiger partial charge < -0.3 is 15.3 Å². The zero-order valence-electron chi connectivity index (χ0n) is 5.94. The van der Waals surface area contributed by atoms with Gasteiger partial charge in [-0.3, -0.25) is 0 Å². The molecule has 1 aliphatic carbocycles. The largest absolute Gasteiger partial charge is 0.396 e. The van der Waals surface area contributed by atoms with Crippen molar-refractivity contribution >= 4 is 11.8 Å². The van der Waals surface area contributed by atoms with E-state index in [2.05, 4.69) is 4.84 Å². The molecule has 0 aromatic heterocycles. The molecule has 0 aromatic rings. The SMILES string of the molecule is OC[C@H]1C[C@@H](NCl)[C@H](O)[C@@H]1O. The summed E-state index contributed by atoms with van der Waals surface area (Å²) in [4.78, 5) is 2.36. The Hall–Kier alpha value is 0.130. The van der Waals surface area contributed by atoms with Crippen LogP contribution < -0.4 is 4.84 Å². The number of halogens is 1. The van der Waals surface area contributed by atoms with E-state index in [4.69, 9.17) is 16.9 Å². The molecule has 0 amide bonds. The second-order valence-electron chi connectivity index (χ2n) is 2.88. The molecule has 0 spiro atoms. The molecular formula is C6H12ClNO3. The average molecular weight is 182 g/mol. The minimum Gasteiger partial charge on any atom is -0.396 e. The molecule has 0 aromatic carbocycles. The van der Waals surface area contributed by atoms with E-state index in [1.165, 1.54) is 0 Å². The van der Waals surface area contributed by atoms with Crippen LogP contribution in [-0.4, -0.2) is 40.2 Å². The van der Waals surface area contributed by atoms with Crippen LogP contribution in [0.1, 0.15) is 6.42 Å². The molecule has 0 heterocycles. The van der Waals surface area contributed by atoms with Gasteiger partial charge in [-0.05, 0) is 18.2 Å². The van der Waals surface area contributed by atoms with Gasteiger partial charge in [0.25, 0.3) is 0 Å². The van der Waals surface area contributed by atoms with Crippen molar-refractivity contribution in [3.05, 3.63) is 0 Å². The normalized spacial score (nSPS) is 44.7. The van der Waals surface area contributed by atoms with E-state index >= 15 is 0 Å². The zero-order valence-corrected chi connectivity index (χ0v) is 6.70. The van der Waals surface area contributed by atoms with Gasteiger partial charge in [-0.1, -0.05) is 0 Å². The van der Waals surface area contributed by atoms with Gasteiger partial charge in [0.1, 0.15) is 0 Å². The predicted octanol–water partition coefficient (Wildman–Crippen LogP) is -1.17. The molecule has 4 nitrogen and oxygen atoms in total. The van der Waals surface area contributed by atoms with Crippen molar-refractivity contribution in [3.63, 3.8) is 0 Å². The average Bonchev–Trinajstić information content (AvgIpc) is 2.30. The first-order valence-corrected chi connectivity index (χ1v) is 3.91. The van der Waals surface area contributed by atoms with Gasteiger partial charge in [0.15, 0.2) is 0 Å². The highest BCUT2D eigenvalue weighted by Gasteiger charge is 2.40. The number of hydrogen-bond donors (Lipinski definition) is 4. The van der Waals surface area contributed by atoms with Gasteiger partial charge >= 0.3 is 0 Å². The van der Waals surface area contributed by atoms with Crippen molar-refractivity contribution in [2.75, 3.05) is 6.61 Å². The van der Waals surface area contributed by atoms with E-state index in [1.54, 1.807) is 0 Å². The van der Waals surface area contributed by atoms with Crippen LogP contribution in [0.4, 0.5) is 0 Å². The number of hydrogen-bond acceptors (Lipinski definition) is 4. The summed E-state index contributed by atoms with van der Waals surface area (Å²) in [6.07, 6.45) is -1.23. The van der Waals surface area contributed by atoms with Gasteiger partial charge in [-0.15, -0.1) is 0 Å². The van der Waals surface area contributed by atoms with Crippen LogP contribution in [0.5, 0.6) is 0 Å². The number of aliphatic hydroxyl groups is 3. The quantitative estimate of drug-likeness (QED) is 0.406. The Balaban J connectivity index is 2.53. The smallest absolute Gasteiger partial charge is 0.0968 e. The highest BCUT2D eigenvalue weighted by Crippen LogP contribution is 2.26. The van der Waals surface area contributed by atoms with Gasteiger partial charge in [0.05, 0.1) is 18.2 Å². The zero-order chi connectivity index (χ0) is 8.43. The summed E-state index contributed by atoms with van der Waals surface area (Å²) in [5, 5.41) is 27.2. The van der Waals surface area contributed by atoms with Crippen molar-refractivity contribution in [3.8, 4) is 0 Å². The molecule has 0 saturated heterocycles. The molecule has 4 atom stereocenters. The van der Waals surface area contributed by atoms with Crippen molar-refractivity contribution in [1.82, 2.24) is 4.84 Å². The number of aliphatic hydroxyl groups excluding tert-OH is 3. The van der Waals surface area contributed by atoms with Crippen molar-refractivity contribution in [1.29, 1.82) is 0 Å². The van der Waals surface area contributed by atoms with Crippen molar-refractivity contribution in [2.24, 2.45) is 5.92 Å². The van der Waals surface area contributed by atoms with E-state index < -0.39 is 12.2 Å². The highest BCUT2D eigenvalue weighted by molar-refractivity contribution is 6.13. The predicted molar refractivity (Wildman–Crippen MR) is 40.0 cm³/mol. The minimum atomic E-state index is -0.871. The topological polar surface area (TPSA) is 72.7 Å². The lowest BCUT2D eigenvalue weighted by atomic mass is 10.1. The van der Waals surface area contributed by atoms with E-state index in [9.17, 15) is 10.2 Å². The maximum Gasteiger partial charge on any atom is 0.0968 e. The fourth-order valence-electron chi connectivity index (χ4n) is 1.41. The maximum absolute atomic E-state index is 9.25. The molecule has 11 heavy (non-hydrogen) atoms. The molecule has 0 aliphatic heterocycles. The third-order valence-corrected chi connectivity index (χ3v) is 2.46. The Morgan fingerprint density at radius 3 is 2.27 bits per heavy atom. The third-order valence-electron chi connectivity index (χ3n) is 2.18. The highest BCUT2D eigenvalue weighted by atomic mass is 35.5. The molecule has 5 heteroatoms. The molecule has 66 valence electrons. The fraction of sp³-hybridized carbons (Fsp3) is 1.00. The molecule has 4 N–H and O–H groups in total. The summed E-state index contributed by atoms with van der Waals surface area (Å²) in [6.45, 7) is -0.118. The summed E-state index contributed by atoms with van der Waals surface area (Å²) in [5.41, 5.74) is 0. The van der Waals surface area contributed by atoms with Gasteiger partial charge in [0, 0.05) is 12.5 Å². The lowest BCUT2D eigenvalue weighted by Crippen LogP contribution is -2.36. The maximum atomic E-state index is 9.25. The first kappa shape index (κ1) is 9.22. The standard InChI is InChI=1S/C6H12ClNO3/c7-8-4-1-3(2-9)5(10)6(4)11/h3-6,8-11H,1-2H2/t3-,4-,5-,6+/m1/s1. The molecular weight excluding hydrogens is 170 g/mol. The van der Waals surface area contributed by atoms with Crippen LogP contribution in [0.25, 0.3) is 0 Å². The monoisotopic (exact) mass is 181 g/mol. The summed E-state index contributed by atoms with van der Waals surface area (Å²) < 4.78 is 0. The fourth-order valence-corrected chi connectivity index (χ4v) is 1.63. The van der Waals surface area contributed by atoms with E-state index in [-0.39, 0.29) is 18.6 Å². The Morgan fingerprint density at radius 2 is 2.00 bits per heavy atom. The number of rotatable bonds is 2. The summed E-state index contributed by atoms with van der Waals surface area (Å²) in [6, 6.07) is -0.316. The third kappa shape index (κ3) is 1.65. The van der Waals surface area contributed by atoms with E-state index in [0.29, 0.717) is 6.42 Å². The Bertz CT molecular complexity index is 117. The van der Waals surface area contributed by atoms with E-state index in [1.807, 2.05) is 0 Å². The van der Waals surface area contributed by atoms with Crippen LogP contribution in [0.2, 0.25) is 0 Å². The van der Waals surface area contributed by atoms with Crippen molar-refractivity contribution in [2.45, 2.75) is 24.7 Å². The second kappa shape index (κ2) is 3.69. The Labute approximate surface area is 69.9 Å². The molecule has 0 radical (unpaired) electrons.